The number of rotatable bonds is 4. The molecule has 0 amide bonds. The number of methoxy groups -OCH3 is 1. The lowest BCUT2D eigenvalue weighted by atomic mass is 10.0. The predicted molar refractivity (Wildman–Crippen MR) is 95.5 cm³/mol. The fourth-order valence-corrected chi connectivity index (χ4v) is 4.29. The first-order valence-corrected chi connectivity index (χ1v) is 9.17. The maximum Gasteiger partial charge on any atom is 0.152 e. The Morgan fingerprint density at radius 3 is 3.17 bits per heavy atom. The van der Waals surface area contributed by atoms with E-state index in [0.717, 1.165) is 36.5 Å². The molecule has 1 saturated carbocycles. The quantitative estimate of drug-likeness (QED) is 0.738. The van der Waals surface area contributed by atoms with E-state index in [2.05, 4.69) is 44.5 Å². The number of aromatic amines is 1. The highest BCUT2D eigenvalue weighted by molar-refractivity contribution is 8.00. The summed E-state index contributed by atoms with van der Waals surface area (Å²) in [5, 5.41) is 11.1. The van der Waals surface area contributed by atoms with Crippen molar-refractivity contribution >= 4 is 29.1 Å². The summed E-state index contributed by atoms with van der Waals surface area (Å²) in [5.41, 5.74) is 4.91. The van der Waals surface area contributed by atoms with Crippen LogP contribution in [0, 0.1) is 0 Å². The molecule has 1 aliphatic carbocycles. The van der Waals surface area contributed by atoms with Crippen LogP contribution in [0.5, 0.6) is 0 Å². The van der Waals surface area contributed by atoms with Crippen molar-refractivity contribution in [3.63, 3.8) is 0 Å². The number of nitrogens with zero attached hydrogens (tertiary/aromatic N) is 1. The largest absolute Gasteiger partial charge is 0.381 e. The lowest BCUT2D eigenvalue weighted by Crippen LogP contribution is -2.07. The molecule has 0 saturated heterocycles. The van der Waals surface area contributed by atoms with E-state index in [1.165, 1.54) is 23.4 Å². The van der Waals surface area contributed by atoms with Gasteiger partial charge in [-0.2, -0.15) is 5.10 Å². The highest BCUT2D eigenvalue weighted by atomic mass is 32.2. The van der Waals surface area contributed by atoms with Crippen molar-refractivity contribution in [2.75, 3.05) is 22.9 Å². The van der Waals surface area contributed by atoms with Crippen molar-refractivity contribution < 1.29 is 4.74 Å². The Bertz CT molecular complexity index is 687. The van der Waals surface area contributed by atoms with Gasteiger partial charge in [0.2, 0.25) is 0 Å². The minimum Gasteiger partial charge on any atom is -0.381 e. The molecule has 1 aliphatic heterocycles. The number of hydrogen-bond donors (Lipinski definition) is 3. The van der Waals surface area contributed by atoms with Crippen LogP contribution in [0.15, 0.2) is 24.3 Å². The molecule has 122 valence electrons. The summed E-state index contributed by atoms with van der Waals surface area (Å²) >= 11 is 1.76. The Morgan fingerprint density at radius 2 is 2.30 bits per heavy atom. The molecule has 2 aromatic rings. The molecular formula is C17H22N4OS. The zero-order valence-electron chi connectivity index (χ0n) is 13.3. The second-order valence-electron chi connectivity index (χ2n) is 6.23. The number of hydrogen-bond acceptors (Lipinski definition) is 5. The lowest BCUT2D eigenvalue weighted by molar-refractivity contribution is 0.108. The Balaban J connectivity index is 1.50. The molecule has 4 rings (SSSR count). The van der Waals surface area contributed by atoms with Crippen molar-refractivity contribution in [3.05, 3.63) is 35.5 Å². The molecule has 5 nitrogen and oxygen atoms in total. The van der Waals surface area contributed by atoms with Gasteiger partial charge >= 0.3 is 0 Å². The number of benzene rings is 1. The number of fused-ring (bicyclic) bond motifs is 1. The van der Waals surface area contributed by atoms with E-state index < -0.39 is 0 Å². The molecule has 2 aliphatic rings. The number of aromatic nitrogens is 2. The van der Waals surface area contributed by atoms with Crippen molar-refractivity contribution in [2.45, 2.75) is 37.7 Å². The van der Waals surface area contributed by atoms with Crippen LogP contribution >= 0.6 is 11.9 Å². The van der Waals surface area contributed by atoms with Gasteiger partial charge in [-0.25, -0.2) is 0 Å². The van der Waals surface area contributed by atoms with Gasteiger partial charge in [0.05, 0.1) is 6.10 Å². The van der Waals surface area contributed by atoms with Crippen LogP contribution in [0.1, 0.15) is 36.4 Å². The minimum atomic E-state index is 0.393. The summed E-state index contributed by atoms with van der Waals surface area (Å²) in [7, 11) is 1.80. The van der Waals surface area contributed by atoms with Gasteiger partial charge in [-0.3, -0.25) is 5.10 Å². The molecule has 3 N–H and O–H groups in total. The van der Waals surface area contributed by atoms with Gasteiger partial charge in [0.15, 0.2) is 5.82 Å². The van der Waals surface area contributed by atoms with Crippen molar-refractivity contribution in [1.82, 2.24) is 10.2 Å². The van der Waals surface area contributed by atoms with E-state index in [-0.39, 0.29) is 0 Å². The molecular weight excluding hydrogens is 308 g/mol. The van der Waals surface area contributed by atoms with Crippen LogP contribution in [0.3, 0.4) is 0 Å². The van der Waals surface area contributed by atoms with Gasteiger partial charge in [-0.1, -0.05) is 18.0 Å². The van der Waals surface area contributed by atoms with E-state index in [1.54, 1.807) is 19.1 Å². The maximum absolute atomic E-state index is 5.47. The normalized spacial score (nSPS) is 23.3. The van der Waals surface area contributed by atoms with Gasteiger partial charge < -0.3 is 14.8 Å². The fourth-order valence-electron chi connectivity index (χ4n) is 3.54. The number of nitrogens with one attached hydrogen (secondary N) is 3. The Morgan fingerprint density at radius 1 is 1.35 bits per heavy atom. The number of H-pyrrole nitrogens is 1. The van der Waals surface area contributed by atoms with Crippen LogP contribution in [0.2, 0.25) is 0 Å². The van der Waals surface area contributed by atoms with Gasteiger partial charge in [0.1, 0.15) is 0 Å². The minimum absolute atomic E-state index is 0.393. The number of ether oxygens (including phenoxy) is 1. The SMILES string of the molecule is COC1CCC(c2cc(Nc3cccc4c3CCSN4)n[nH]2)C1. The molecule has 1 fully saturated rings. The summed E-state index contributed by atoms with van der Waals surface area (Å²) in [6.45, 7) is 0. The third-order valence-corrected chi connectivity index (χ3v) is 5.60. The predicted octanol–water partition coefficient (Wildman–Crippen LogP) is 4.05. The average Bonchev–Trinajstić information content (AvgIpc) is 3.24. The molecule has 1 aromatic carbocycles. The van der Waals surface area contributed by atoms with Crippen LogP contribution < -0.4 is 10.0 Å². The third kappa shape index (κ3) is 3.05. The second kappa shape index (κ2) is 6.45. The second-order valence-corrected chi connectivity index (χ2v) is 7.13. The molecule has 1 aromatic heterocycles. The zero-order valence-corrected chi connectivity index (χ0v) is 14.1. The molecule has 2 atom stereocenters. The lowest BCUT2D eigenvalue weighted by Gasteiger charge is -2.20. The molecule has 0 bridgehead atoms. The molecule has 2 unspecified atom stereocenters. The first kappa shape index (κ1) is 14.9. The van der Waals surface area contributed by atoms with Crippen molar-refractivity contribution in [1.29, 1.82) is 0 Å². The number of anilines is 3. The fraction of sp³-hybridized carbons (Fsp3) is 0.471. The third-order valence-electron chi connectivity index (χ3n) is 4.83. The Labute approximate surface area is 140 Å². The van der Waals surface area contributed by atoms with Crippen molar-refractivity contribution in [2.24, 2.45) is 0 Å². The molecule has 0 spiro atoms. The summed E-state index contributed by atoms with van der Waals surface area (Å²) in [5.74, 6) is 2.52. The van der Waals surface area contributed by atoms with Crippen molar-refractivity contribution in [3.8, 4) is 0 Å². The van der Waals surface area contributed by atoms with Gasteiger partial charge in [-0.05, 0) is 37.8 Å². The smallest absolute Gasteiger partial charge is 0.152 e. The summed E-state index contributed by atoms with van der Waals surface area (Å²) in [6, 6.07) is 8.48. The summed E-state index contributed by atoms with van der Waals surface area (Å²) in [6.07, 6.45) is 4.86. The van der Waals surface area contributed by atoms with Crippen LogP contribution in [0.25, 0.3) is 0 Å². The maximum atomic E-state index is 5.47. The first-order valence-electron chi connectivity index (χ1n) is 8.18. The standard InChI is InChI=1S/C17H22N4OS/c1-22-12-6-5-11(9-12)16-10-17(20-19-16)18-14-3-2-4-15-13(14)7-8-23-21-15/h2-4,10-12,21H,5-9H2,1H3,(H2,18,19,20). The van der Waals surface area contributed by atoms with E-state index in [9.17, 15) is 0 Å². The highest BCUT2D eigenvalue weighted by Gasteiger charge is 2.27. The molecule has 6 heteroatoms. The monoisotopic (exact) mass is 330 g/mol. The van der Waals surface area contributed by atoms with E-state index >= 15 is 0 Å². The van der Waals surface area contributed by atoms with E-state index in [4.69, 9.17) is 4.74 Å². The molecule has 0 radical (unpaired) electrons. The van der Waals surface area contributed by atoms with Crippen LogP contribution in [-0.2, 0) is 11.2 Å². The zero-order chi connectivity index (χ0) is 15.6. The van der Waals surface area contributed by atoms with Crippen LogP contribution in [0.4, 0.5) is 17.2 Å². The summed E-state index contributed by atoms with van der Waals surface area (Å²) in [4.78, 5) is 0. The van der Waals surface area contributed by atoms with Gasteiger partial charge in [-0.15, -0.1) is 0 Å². The van der Waals surface area contributed by atoms with Crippen LogP contribution in [-0.4, -0.2) is 29.2 Å². The topological polar surface area (TPSA) is 62.0 Å². The first-order chi connectivity index (χ1) is 11.3. The van der Waals surface area contributed by atoms with Gasteiger partial charge in [0.25, 0.3) is 0 Å². The Kier molecular flexibility index (Phi) is 4.18. The molecule has 2 heterocycles. The highest BCUT2D eigenvalue weighted by Crippen LogP contribution is 2.37. The van der Waals surface area contributed by atoms with E-state index in [0.29, 0.717) is 12.0 Å². The summed E-state index contributed by atoms with van der Waals surface area (Å²) < 4.78 is 8.85. The molecule has 23 heavy (non-hydrogen) atoms. The Hall–Kier alpha value is -1.66. The van der Waals surface area contributed by atoms with Gasteiger partial charge in [0, 0.05) is 47.5 Å². The van der Waals surface area contributed by atoms with E-state index in [1.807, 2.05) is 0 Å². The average molecular weight is 330 g/mol.